The van der Waals surface area contributed by atoms with E-state index in [0.29, 0.717) is 0 Å². The zero-order chi connectivity index (χ0) is 10.4. The normalized spacial score (nSPS) is 10.6. The van der Waals surface area contributed by atoms with Crippen LogP contribution in [0.3, 0.4) is 0 Å². The average Bonchev–Trinajstić information content (AvgIpc) is 2.54. The molecule has 3 rings (SSSR count). The average molecular weight is 285 g/mol. The van der Waals surface area contributed by atoms with Crippen molar-refractivity contribution in [2.75, 3.05) is 0 Å². The summed E-state index contributed by atoms with van der Waals surface area (Å²) in [5.41, 5.74) is 3.21. The Hall–Kier alpha value is -0.926. The molecule has 1 aromatic carbocycles. The second kappa shape index (κ2) is 4.15. The van der Waals surface area contributed by atoms with E-state index in [9.17, 15) is 0 Å². The summed E-state index contributed by atoms with van der Waals surface area (Å²) in [4.78, 5) is 8.29. The van der Waals surface area contributed by atoms with Crippen LogP contribution >= 0.6 is 0 Å². The number of fused-ring (bicyclic) bond motifs is 3. The zero-order valence-electron chi connectivity index (χ0n) is 9.01. The number of benzene rings is 1. The molecule has 0 aliphatic carbocycles. The molecule has 0 fully saturated rings. The first-order chi connectivity index (χ1) is 7.27. The summed E-state index contributed by atoms with van der Waals surface area (Å²) >= 11 is 0. The van der Waals surface area contributed by atoms with Crippen molar-refractivity contribution in [1.82, 2.24) is 14.5 Å². The van der Waals surface area contributed by atoms with Crippen LogP contribution in [0.1, 0.15) is 5.56 Å². The zero-order valence-corrected chi connectivity index (χ0v) is 11.9. The molecule has 0 unspecified atom stereocenters. The summed E-state index contributed by atoms with van der Waals surface area (Å²) in [7, 11) is 3.99. The molecular formula is C12H10N3Y-. The molecule has 77 valence electrons. The van der Waals surface area contributed by atoms with Crippen LogP contribution in [-0.2, 0) is 32.7 Å². The second-order valence-electron chi connectivity index (χ2n) is 3.71. The maximum atomic E-state index is 4.24. The summed E-state index contributed by atoms with van der Waals surface area (Å²) in [5.74, 6) is 0. The third-order valence-electron chi connectivity index (χ3n) is 2.68. The summed E-state index contributed by atoms with van der Waals surface area (Å²) in [5, 5.41) is 2.23. The number of hydrogen-bond donors (Lipinski definition) is 0. The van der Waals surface area contributed by atoms with Crippen LogP contribution < -0.4 is 0 Å². The third-order valence-corrected chi connectivity index (χ3v) is 2.68. The van der Waals surface area contributed by atoms with Crippen LogP contribution in [0.5, 0.6) is 0 Å². The molecule has 0 aliphatic rings. The minimum atomic E-state index is 0. The van der Waals surface area contributed by atoms with Gasteiger partial charge in [0.1, 0.15) is 6.33 Å². The monoisotopic (exact) mass is 285 g/mol. The summed E-state index contributed by atoms with van der Waals surface area (Å²) in [6.07, 6.45) is 3.39. The number of rotatable bonds is 0. The Balaban J connectivity index is 0.000000963. The first-order valence-corrected chi connectivity index (χ1v) is 4.79. The number of nitrogens with zero attached hydrogens (tertiary/aromatic N) is 3. The van der Waals surface area contributed by atoms with Crippen molar-refractivity contribution in [1.29, 1.82) is 0 Å². The van der Waals surface area contributed by atoms with Gasteiger partial charge in [0, 0.05) is 44.6 Å². The second-order valence-corrected chi connectivity index (χ2v) is 3.71. The minimum absolute atomic E-state index is 0. The fraction of sp³-hybridized carbons (Fsp3) is 0.0833. The van der Waals surface area contributed by atoms with E-state index in [0.717, 1.165) is 16.6 Å². The predicted octanol–water partition coefficient (Wildman–Crippen LogP) is 2.53. The van der Waals surface area contributed by atoms with Gasteiger partial charge in [0.25, 0.3) is 0 Å². The van der Waals surface area contributed by atoms with Crippen LogP contribution in [0.15, 0.2) is 30.7 Å². The van der Waals surface area contributed by atoms with Crippen molar-refractivity contribution in [3.05, 3.63) is 43.3 Å². The standard InChI is InChI=1S/C12H10N3.Y/c1-8-3-4-11-9(5-8)10-6-13-7-14-12(10)15(11)2;/h3-7H,2H2,1H3;/q-1;. The minimum Gasteiger partial charge on any atom is -0.466 e. The molecule has 0 aliphatic heterocycles. The van der Waals surface area contributed by atoms with Gasteiger partial charge in [-0.05, 0) is 12.3 Å². The number of aromatic nitrogens is 3. The Morgan fingerprint density at radius 3 is 2.88 bits per heavy atom. The van der Waals surface area contributed by atoms with Gasteiger partial charge >= 0.3 is 0 Å². The smallest absolute Gasteiger partial charge is 0.103 e. The van der Waals surface area contributed by atoms with E-state index in [2.05, 4.69) is 42.1 Å². The molecule has 0 atom stereocenters. The molecule has 0 saturated carbocycles. The third kappa shape index (κ3) is 1.55. The maximum absolute atomic E-state index is 4.24. The predicted molar refractivity (Wildman–Crippen MR) is 60.5 cm³/mol. The van der Waals surface area contributed by atoms with E-state index in [-0.39, 0.29) is 32.7 Å². The van der Waals surface area contributed by atoms with Gasteiger partial charge < -0.3 is 4.57 Å². The molecule has 4 heteroatoms. The van der Waals surface area contributed by atoms with Gasteiger partial charge in [-0.25, -0.2) is 4.98 Å². The quantitative estimate of drug-likeness (QED) is 0.594. The largest absolute Gasteiger partial charge is 0.466 e. The Labute approximate surface area is 119 Å². The molecule has 3 nitrogen and oxygen atoms in total. The first kappa shape index (κ1) is 11.6. The molecule has 3 aromatic rings. The van der Waals surface area contributed by atoms with Gasteiger partial charge in [0.15, 0.2) is 0 Å². The van der Waals surface area contributed by atoms with E-state index in [1.807, 2.05) is 10.8 Å². The number of aryl methyl sites for hydroxylation is 1. The van der Waals surface area contributed by atoms with Crippen LogP contribution in [0.2, 0.25) is 0 Å². The SMILES string of the molecule is [CH2-]n1c2ccc(C)cc2c2cncnc21.[Y]. The fourth-order valence-corrected chi connectivity index (χ4v) is 1.94. The summed E-state index contributed by atoms with van der Waals surface area (Å²) in [6, 6.07) is 6.29. The topological polar surface area (TPSA) is 30.7 Å². The first-order valence-electron chi connectivity index (χ1n) is 4.79. The van der Waals surface area contributed by atoms with Crippen molar-refractivity contribution < 1.29 is 32.7 Å². The van der Waals surface area contributed by atoms with Gasteiger partial charge in [0.05, 0.1) is 0 Å². The molecule has 2 heterocycles. The Morgan fingerprint density at radius 2 is 2.06 bits per heavy atom. The van der Waals surface area contributed by atoms with E-state index in [1.165, 1.54) is 10.9 Å². The van der Waals surface area contributed by atoms with Crippen molar-refractivity contribution in [2.45, 2.75) is 6.92 Å². The maximum Gasteiger partial charge on any atom is 0.103 e. The van der Waals surface area contributed by atoms with Crippen molar-refractivity contribution in [3.63, 3.8) is 0 Å². The van der Waals surface area contributed by atoms with Gasteiger partial charge in [-0.3, -0.25) is 4.98 Å². The Kier molecular flexibility index (Phi) is 3.00. The molecule has 0 bridgehead atoms. The van der Waals surface area contributed by atoms with E-state index in [4.69, 9.17) is 0 Å². The molecule has 2 aromatic heterocycles. The summed E-state index contributed by atoms with van der Waals surface area (Å²) < 4.78 is 1.85. The van der Waals surface area contributed by atoms with Gasteiger partial charge in [-0.2, -0.15) is 0 Å². The van der Waals surface area contributed by atoms with Crippen LogP contribution in [0, 0.1) is 14.0 Å². The van der Waals surface area contributed by atoms with Crippen molar-refractivity contribution in [3.8, 4) is 0 Å². The van der Waals surface area contributed by atoms with Gasteiger partial charge in [-0.15, -0.1) is 7.05 Å². The molecular weight excluding hydrogens is 275 g/mol. The van der Waals surface area contributed by atoms with Crippen molar-refractivity contribution >= 4 is 21.9 Å². The molecule has 16 heavy (non-hydrogen) atoms. The molecule has 0 N–H and O–H groups in total. The molecule has 0 spiro atoms. The van der Waals surface area contributed by atoms with E-state index >= 15 is 0 Å². The molecule has 0 amide bonds. The van der Waals surface area contributed by atoms with Gasteiger partial charge in [-0.1, -0.05) is 34.7 Å². The van der Waals surface area contributed by atoms with E-state index in [1.54, 1.807) is 6.33 Å². The molecule has 1 radical (unpaired) electrons. The van der Waals surface area contributed by atoms with Crippen molar-refractivity contribution in [2.24, 2.45) is 0 Å². The molecule has 0 saturated heterocycles. The summed E-state index contributed by atoms with van der Waals surface area (Å²) in [6.45, 7) is 2.08. The van der Waals surface area contributed by atoms with Crippen LogP contribution in [-0.4, -0.2) is 14.5 Å². The van der Waals surface area contributed by atoms with Gasteiger partial charge in [0.2, 0.25) is 0 Å². The fourth-order valence-electron chi connectivity index (χ4n) is 1.94. The Morgan fingerprint density at radius 1 is 1.25 bits per heavy atom. The van der Waals surface area contributed by atoms with Crippen LogP contribution in [0.25, 0.3) is 21.9 Å². The van der Waals surface area contributed by atoms with E-state index < -0.39 is 0 Å². The van der Waals surface area contributed by atoms with Crippen LogP contribution in [0.4, 0.5) is 0 Å². The number of hydrogen-bond acceptors (Lipinski definition) is 2. The Bertz CT molecular complexity index is 658.